The molecule has 1 unspecified atom stereocenters. The molecule has 0 bridgehead atoms. The van der Waals surface area contributed by atoms with E-state index in [1.807, 2.05) is 30.3 Å². The second-order valence-corrected chi connectivity index (χ2v) is 5.59. The van der Waals surface area contributed by atoms with Gasteiger partial charge in [0.25, 0.3) is 5.91 Å². The normalized spacial score (nSPS) is 12.0. The van der Waals surface area contributed by atoms with Crippen molar-refractivity contribution in [2.24, 2.45) is 5.73 Å². The number of benzene rings is 2. The minimum Gasteiger partial charge on any atom is -0.352 e. The van der Waals surface area contributed by atoms with E-state index in [1.54, 1.807) is 18.2 Å². The van der Waals surface area contributed by atoms with Crippen molar-refractivity contribution in [3.63, 3.8) is 0 Å². The molecule has 21 heavy (non-hydrogen) atoms. The molecule has 0 fully saturated rings. The maximum absolute atomic E-state index is 12.0. The van der Waals surface area contributed by atoms with Crippen molar-refractivity contribution in [3.8, 4) is 0 Å². The SMILES string of the molecule is NC(CCNC(=O)c1cc(Cl)cc(Cl)c1)c1ccccc1. The van der Waals surface area contributed by atoms with Gasteiger partial charge in [0.1, 0.15) is 0 Å². The molecule has 0 aliphatic carbocycles. The monoisotopic (exact) mass is 322 g/mol. The summed E-state index contributed by atoms with van der Waals surface area (Å²) < 4.78 is 0. The number of amides is 1. The maximum atomic E-state index is 12.0. The van der Waals surface area contributed by atoms with Crippen LogP contribution in [0.4, 0.5) is 0 Å². The van der Waals surface area contributed by atoms with Gasteiger partial charge in [0.2, 0.25) is 0 Å². The molecule has 5 heteroatoms. The fourth-order valence-electron chi connectivity index (χ4n) is 2.00. The van der Waals surface area contributed by atoms with E-state index >= 15 is 0 Å². The second-order valence-electron chi connectivity index (χ2n) is 4.72. The summed E-state index contributed by atoms with van der Waals surface area (Å²) in [5.74, 6) is -0.209. The molecular weight excluding hydrogens is 307 g/mol. The molecule has 0 saturated heterocycles. The molecule has 0 radical (unpaired) electrons. The fraction of sp³-hybridized carbons (Fsp3) is 0.188. The van der Waals surface area contributed by atoms with Crippen LogP contribution in [0.25, 0.3) is 0 Å². The topological polar surface area (TPSA) is 55.1 Å². The Kier molecular flexibility index (Phi) is 5.62. The van der Waals surface area contributed by atoms with Gasteiger partial charge in [-0.1, -0.05) is 53.5 Å². The summed E-state index contributed by atoms with van der Waals surface area (Å²) in [6.07, 6.45) is 0.657. The Morgan fingerprint density at radius 1 is 1.10 bits per heavy atom. The van der Waals surface area contributed by atoms with Crippen LogP contribution in [0.2, 0.25) is 10.0 Å². The first-order chi connectivity index (χ1) is 10.1. The Labute approximate surface area is 134 Å². The molecule has 0 spiro atoms. The highest BCUT2D eigenvalue weighted by molar-refractivity contribution is 6.35. The van der Waals surface area contributed by atoms with Gasteiger partial charge in [-0.25, -0.2) is 0 Å². The zero-order chi connectivity index (χ0) is 15.2. The van der Waals surface area contributed by atoms with Gasteiger partial charge in [0.15, 0.2) is 0 Å². The van der Waals surface area contributed by atoms with Gasteiger partial charge in [-0.15, -0.1) is 0 Å². The molecule has 0 heterocycles. The van der Waals surface area contributed by atoms with Crippen LogP contribution in [0, 0.1) is 0 Å². The average Bonchev–Trinajstić information content (AvgIpc) is 2.47. The van der Waals surface area contributed by atoms with Crippen LogP contribution in [0.3, 0.4) is 0 Å². The minimum absolute atomic E-state index is 0.102. The van der Waals surface area contributed by atoms with Crippen LogP contribution < -0.4 is 11.1 Å². The van der Waals surface area contributed by atoms with E-state index in [1.165, 1.54) is 0 Å². The number of halogens is 2. The van der Waals surface area contributed by atoms with Crippen molar-refractivity contribution >= 4 is 29.1 Å². The van der Waals surface area contributed by atoms with Crippen LogP contribution in [0.15, 0.2) is 48.5 Å². The molecule has 3 nitrogen and oxygen atoms in total. The van der Waals surface area contributed by atoms with Gasteiger partial charge in [0, 0.05) is 28.2 Å². The van der Waals surface area contributed by atoms with E-state index in [-0.39, 0.29) is 11.9 Å². The average molecular weight is 323 g/mol. The van der Waals surface area contributed by atoms with Crippen molar-refractivity contribution in [3.05, 3.63) is 69.7 Å². The van der Waals surface area contributed by atoms with E-state index in [0.717, 1.165) is 5.56 Å². The van der Waals surface area contributed by atoms with Gasteiger partial charge in [0.05, 0.1) is 0 Å². The third-order valence-electron chi connectivity index (χ3n) is 3.09. The minimum atomic E-state index is -0.209. The molecule has 2 aromatic carbocycles. The number of nitrogens with two attached hydrogens (primary N) is 1. The summed E-state index contributed by atoms with van der Waals surface area (Å²) in [4.78, 5) is 12.0. The molecule has 0 aliphatic heterocycles. The predicted molar refractivity (Wildman–Crippen MR) is 86.8 cm³/mol. The van der Waals surface area contributed by atoms with Crippen LogP contribution in [-0.2, 0) is 0 Å². The zero-order valence-electron chi connectivity index (χ0n) is 11.4. The van der Waals surface area contributed by atoms with E-state index in [2.05, 4.69) is 5.32 Å². The molecule has 110 valence electrons. The van der Waals surface area contributed by atoms with Gasteiger partial charge in [-0.05, 0) is 30.2 Å². The number of hydrogen-bond donors (Lipinski definition) is 2. The summed E-state index contributed by atoms with van der Waals surface area (Å²) >= 11 is 11.7. The van der Waals surface area contributed by atoms with E-state index in [0.29, 0.717) is 28.6 Å². The first-order valence-electron chi connectivity index (χ1n) is 6.61. The largest absolute Gasteiger partial charge is 0.352 e. The molecule has 1 atom stereocenters. The maximum Gasteiger partial charge on any atom is 0.251 e. The van der Waals surface area contributed by atoms with Gasteiger partial charge < -0.3 is 11.1 Å². The van der Waals surface area contributed by atoms with Crippen molar-refractivity contribution in [2.75, 3.05) is 6.54 Å². The Bertz CT molecular complexity index is 597. The summed E-state index contributed by atoms with van der Waals surface area (Å²) in [5, 5.41) is 3.69. The highest BCUT2D eigenvalue weighted by Crippen LogP contribution is 2.19. The molecule has 2 rings (SSSR count). The third-order valence-corrected chi connectivity index (χ3v) is 3.53. The van der Waals surface area contributed by atoms with Crippen LogP contribution in [0.5, 0.6) is 0 Å². The van der Waals surface area contributed by atoms with Crippen LogP contribution >= 0.6 is 23.2 Å². The van der Waals surface area contributed by atoms with Gasteiger partial charge in [-0.3, -0.25) is 4.79 Å². The number of nitrogens with one attached hydrogen (secondary N) is 1. The molecule has 0 aliphatic rings. The third kappa shape index (κ3) is 4.74. The van der Waals surface area contributed by atoms with Gasteiger partial charge >= 0.3 is 0 Å². The first kappa shape index (κ1) is 15.8. The molecule has 1 amide bonds. The number of rotatable bonds is 5. The molecular formula is C16H16Cl2N2O. The van der Waals surface area contributed by atoms with Gasteiger partial charge in [-0.2, -0.15) is 0 Å². The summed E-state index contributed by atoms with van der Waals surface area (Å²) in [7, 11) is 0. The van der Waals surface area contributed by atoms with Crippen molar-refractivity contribution in [2.45, 2.75) is 12.5 Å². The van der Waals surface area contributed by atoms with Crippen LogP contribution in [0.1, 0.15) is 28.4 Å². The summed E-state index contributed by atoms with van der Waals surface area (Å²) in [6, 6.07) is 14.4. The number of hydrogen-bond acceptors (Lipinski definition) is 2. The lowest BCUT2D eigenvalue weighted by molar-refractivity contribution is 0.0952. The quantitative estimate of drug-likeness (QED) is 0.879. The zero-order valence-corrected chi connectivity index (χ0v) is 12.9. The molecule has 0 saturated carbocycles. The first-order valence-corrected chi connectivity index (χ1v) is 7.36. The van der Waals surface area contributed by atoms with Crippen molar-refractivity contribution in [1.82, 2.24) is 5.32 Å². The van der Waals surface area contributed by atoms with Crippen molar-refractivity contribution < 1.29 is 4.79 Å². The molecule has 2 aromatic rings. The highest BCUT2D eigenvalue weighted by Gasteiger charge is 2.09. The van der Waals surface area contributed by atoms with E-state index < -0.39 is 0 Å². The standard InChI is InChI=1S/C16H16Cl2N2O/c17-13-8-12(9-14(18)10-13)16(21)20-7-6-15(19)11-4-2-1-3-5-11/h1-5,8-10,15H,6-7,19H2,(H,20,21). The van der Waals surface area contributed by atoms with Crippen molar-refractivity contribution in [1.29, 1.82) is 0 Å². The smallest absolute Gasteiger partial charge is 0.251 e. The number of carbonyl (C=O) groups is 1. The Hall–Kier alpha value is -1.55. The summed E-state index contributed by atoms with van der Waals surface area (Å²) in [5.41, 5.74) is 7.57. The number of carbonyl (C=O) groups excluding carboxylic acids is 1. The Morgan fingerprint density at radius 3 is 2.33 bits per heavy atom. The summed E-state index contributed by atoms with van der Waals surface area (Å²) in [6.45, 7) is 0.485. The van der Waals surface area contributed by atoms with E-state index in [9.17, 15) is 4.79 Å². The molecule has 0 aromatic heterocycles. The predicted octanol–water partition coefficient (Wildman–Crippen LogP) is 3.81. The second kappa shape index (κ2) is 7.46. The highest BCUT2D eigenvalue weighted by atomic mass is 35.5. The Balaban J connectivity index is 1.87. The molecule has 3 N–H and O–H groups in total. The lowest BCUT2D eigenvalue weighted by Gasteiger charge is -2.12. The lowest BCUT2D eigenvalue weighted by Crippen LogP contribution is -2.27. The fourth-order valence-corrected chi connectivity index (χ4v) is 2.52. The Morgan fingerprint density at radius 2 is 1.71 bits per heavy atom. The van der Waals surface area contributed by atoms with E-state index in [4.69, 9.17) is 28.9 Å². The van der Waals surface area contributed by atoms with Crippen LogP contribution in [-0.4, -0.2) is 12.5 Å². The lowest BCUT2D eigenvalue weighted by atomic mass is 10.1.